The van der Waals surface area contributed by atoms with Crippen molar-refractivity contribution in [3.63, 3.8) is 0 Å². The second-order valence-electron chi connectivity index (χ2n) is 7.43. The lowest BCUT2D eigenvalue weighted by atomic mass is 9.93. The maximum absolute atomic E-state index is 13.1. The van der Waals surface area contributed by atoms with Crippen LogP contribution in [0.4, 0.5) is 0 Å². The number of hydrogen-bond acceptors (Lipinski definition) is 5. The molecule has 3 rings (SSSR count). The van der Waals surface area contributed by atoms with E-state index < -0.39 is 27.0 Å². The van der Waals surface area contributed by atoms with Gasteiger partial charge in [0.1, 0.15) is 12.4 Å². The molecule has 2 aliphatic rings. The normalized spacial score (nSPS) is 18.4. The molecule has 29 heavy (non-hydrogen) atoms. The van der Waals surface area contributed by atoms with Gasteiger partial charge in [-0.05, 0) is 62.8 Å². The van der Waals surface area contributed by atoms with Crippen LogP contribution in [0.5, 0.6) is 5.75 Å². The van der Waals surface area contributed by atoms with E-state index >= 15 is 0 Å². The Morgan fingerprint density at radius 2 is 1.79 bits per heavy atom. The average molecular weight is 419 g/mol. The highest BCUT2D eigenvalue weighted by Gasteiger charge is 2.43. The van der Waals surface area contributed by atoms with E-state index in [1.54, 1.807) is 11.8 Å². The number of hydrogen-bond donors (Lipinski definition) is 1. The average Bonchev–Trinajstić information content (AvgIpc) is 3.53. The fourth-order valence-corrected chi connectivity index (χ4v) is 5.52. The summed E-state index contributed by atoms with van der Waals surface area (Å²) in [7, 11) is -4.07. The van der Waals surface area contributed by atoms with Gasteiger partial charge in [0.25, 0.3) is 0 Å². The Morgan fingerprint density at radius 3 is 2.31 bits per heavy atom. The highest BCUT2D eigenvalue weighted by Crippen LogP contribution is 2.34. The number of aliphatic carboxylic acids is 1. The van der Waals surface area contributed by atoms with Gasteiger partial charge in [0.05, 0.1) is 4.90 Å². The molecule has 1 aromatic rings. The number of carboxylic acids is 1. The zero-order valence-corrected chi connectivity index (χ0v) is 17.2. The lowest BCUT2D eigenvalue weighted by molar-refractivity contribution is -0.138. The highest BCUT2D eigenvalue weighted by molar-refractivity contribution is 7.92. The molecule has 156 valence electrons. The number of rotatable bonds is 7. The van der Waals surface area contributed by atoms with Gasteiger partial charge < -0.3 is 14.7 Å². The molecule has 1 amide bonds. The predicted molar refractivity (Wildman–Crippen MR) is 106 cm³/mol. The van der Waals surface area contributed by atoms with Gasteiger partial charge in [-0.1, -0.05) is 5.92 Å². The molecule has 1 aliphatic carbocycles. The summed E-state index contributed by atoms with van der Waals surface area (Å²) in [5.74, 6) is 4.24. The Bertz CT molecular complexity index is 916. The van der Waals surface area contributed by atoms with Crippen molar-refractivity contribution in [2.45, 2.75) is 42.8 Å². The number of ether oxygens (including phenoxy) is 1. The molecule has 0 spiro atoms. The monoisotopic (exact) mass is 419 g/mol. The van der Waals surface area contributed by atoms with Crippen molar-refractivity contribution in [1.82, 2.24) is 4.90 Å². The van der Waals surface area contributed by atoms with Gasteiger partial charge in [0.15, 0.2) is 15.1 Å². The fourth-order valence-electron chi connectivity index (χ4n) is 3.66. The Hall–Kier alpha value is -2.53. The minimum Gasteiger partial charge on any atom is -0.481 e. The van der Waals surface area contributed by atoms with Crippen LogP contribution in [0.3, 0.4) is 0 Å². The molecule has 8 heteroatoms. The van der Waals surface area contributed by atoms with Crippen LogP contribution >= 0.6 is 0 Å². The predicted octanol–water partition coefficient (Wildman–Crippen LogP) is 1.96. The summed E-state index contributed by atoms with van der Waals surface area (Å²) in [6, 6.07) is 5.73. The van der Waals surface area contributed by atoms with Gasteiger partial charge in [-0.25, -0.2) is 8.42 Å². The molecule has 1 aromatic carbocycles. The minimum atomic E-state index is -4.07. The van der Waals surface area contributed by atoms with Gasteiger partial charge in [-0.3, -0.25) is 9.59 Å². The molecule has 1 aliphatic heterocycles. The smallest absolute Gasteiger partial charge is 0.322 e. The van der Waals surface area contributed by atoms with Crippen molar-refractivity contribution in [3.8, 4) is 17.6 Å². The number of carboxylic acid groups (broad SMARTS) is 1. The van der Waals surface area contributed by atoms with Crippen LogP contribution in [-0.2, 0) is 19.4 Å². The number of benzene rings is 1. The number of carbonyl (C=O) groups excluding carboxylic acids is 1. The molecule has 1 unspecified atom stereocenters. The Kier molecular flexibility index (Phi) is 6.48. The number of likely N-dealkylation sites (tertiary alicyclic amines) is 1. The van der Waals surface area contributed by atoms with E-state index in [4.69, 9.17) is 4.74 Å². The zero-order valence-electron chi connectivity index (χ0n) is 16.3. The molecule has 2 fully saturated rings. The molecule has 1 N–H and O–H groups in total. The Labute approximate surface area is 171 Å². The van der Waals surface area contributed by atoms with E-state index in [9.17, 15) is 23.1 Å². The van der Waals surface area contributed by atoms with Gasteiger partial charge in [-0.15, -0.1) is 5.92 Å². The van der Waals surface area contributed by atoms with Gasteiger partial charge >= 0.3 is 5.97 Å². The Balaban J connectivity index is 1.71. The largest absolute Gasteiger partial charge is 0.481 e. The van der Waals surface area contributed by atoms with Crippen LogP contribution in [0.25, 0.3) is 0 Å². The molecule has 0 aromatic heterocycles. The van der Waals surface area contributed by atoms with Crippen LogP contribution < -0.4 is 4.74 Å². The molecule has 7 nitrogen and oxygen atoms in total. The van der Waals surface area contributed by atoms with E-state index in [2.05, 4.69) is 11.8 Å². The van der Waals surface area contributed by atoms with Crippen LogP contribution in [-0.4, -0.2) is 55.2 Å². The molecule has 1 heterocycles. The van der Waals surface area contributed by atoms with Gasteiger partial charge in [-0.2, -0.15) is 0 Å². The van der Waals surface area contributed by atoms with Crippen LogP contribution in [0.2, 0.25) is 0 Å². The minimum absolute atomic E-state index is 0.0460. The van der Waals surface area contributed by atoms with E-state index in [0.717, 1.165) is 12.8 Å². The molecule has 1 atom stereocenters. The molecule has 0 bridgehead atoms. The lowest BCUT2D eigenvalue weighted by Crippen LogP contribution is -2.46. The van der Waals surface area contributed by atoms with E-state index in [0.29, 0.717) is 31.7 Å². The quantitative estimate of drug-likeness (QED) is 0.678. The van der Waals surface area contributed by atoms with Crippen molar-refractivity contribution < 1.29 is 27.9 Å². The van der Waals surface area contributed by atoms with Gasteiger partial charge in [0, 0.05) is 19.0 Å². The summed E-state index contributed by atoms with van der Waals surface area (Å²) in [4.78, 5) is 25.8. The summed E-state index contributed by atoms with van der Waals surface area (Å²) in [5.41, 5.74) is 0. The first-order valence-electron chi connectivity index (χ1n) is 9.72. The second kappa shape index (κ2) is 8.87. The summed E-state index contributed by atoms with van der Waals surface area (Å²) in [6.45, 7) is 2.70. The third-order valence-electron chi connectivity index (χ3n) is 5.42. The van der Waals surface area contributed by atoms with E-state index in [1.165, 1.54) is 24.3 Å². The molecular formula is C21H25NO6S. The molecule has 1 saturated heterocycles. The van der Waals surface area contributed by atoms with Crippen molar-refractivity contribution in [2.24, 2.45) is 11.8 Å². The summed E-state index contributed by atoms with van der Waals surface area (Å²) < 4.78 is 31.5. The maximum atomic E-state index is 13.1. The summed E-state index contributed by atoms with van der Waals surface area (Å²) >= 11 is 0. The van der Waals surface area contributed by atoms with Crippen LogP contribution in [0, 0.1) is 23.7 Å². The molecule has 0 radical (unpaired) electrons. The van der Waals surface area contributed by atoms with Crippen molar-refractivity contribution >= 4 is 21.7 Å². The third kappa shape index (κ3) is 4.91. The SMILES string of the molecule is CC#CCOc1ccc(S(=O)(=O)C(C(=O)O)C2CCN(C(=O)C3CC3)CC2)cc1. The number of sulfone groups is 1. The number of piperidine rings is 1. The van der Waals surface area contributed by atoms with E-state index in [1.807, 2.05) is 0 Å². The lowest BCUT2D eigenvalue weighted by Gasteiger charge is -2.34. The Morgan fingerprint density at radius 1 is 1.17 bits per heavy atom. The first kappa shape index (κ1) is 21.2. The van der Waals surface area contributed by atoms with Crippen molar-refractivity contribution in [1.29, 1.82) is 0 Å². The first-order valence-corrected chi connectivity index (χ1v) is 11.3. The fraction of sp³-hybridized carbons (Fsp3) is 0.524. The van der Waals surface area contributed by atoms with Crippen molar-refractivity contribution in [3.05, 3.63) is 24.3 Å². The summed E-state index contributed by atoms with van der Waals surface area (Å²) in [5, 5.41) is 8.16. The van der Waals surface area contributed by atoms with Gasteiger partial charge in [0.2, 0.25) is 5.91 Å². The number of nitrogens with zero attached hydrogens (tertiary/aromatic N) is 1. The highest BCUT2D eigenvalue weighted by atomic mass is 32.2. The van der Waals surface area contributed by atoms with Crippen molar-refractivity contribution in [2.75, 3.05) is 19.7 Å². The molecular weight excluding hydrogens is 394 g/mol. The van der Waals surface area contributed by atoms with Crippen LogP contribution in [0.1, 0.15) is 32.6 Å². The number of amides is 1. The first-order chi connectivity index (χ1) is 13.8. The number of carbonyl (C=O) groups is 2. The third-order valence-corrected chi connectivity index (χ3v) is 7.61. The van der Waals surface area contributed by atoms with E-state index in [-0.39, 0.29) is 23.3 Å². The summed E-state index contributed by atoms with van der Waals surface area (Å²) in [6.07, 6.45) is 2.56. The standard InChI is InChI=1S/C21H25NO6S/c1-2-3-14-28-17-6-8-18(9-7-17)29(26,27)19(21(24)25)15-10-12-22(13-11-15)20(23)16-4-5-16/h6-9,15-16,19H,4-5,10-14H2,1H3,(H,24,25). The second-order valence-corrected chi connectivity index (χ2v) is 9.50. The van der Waals surface area contributed by atoms with Crippen LogP contribution in [0.15, 0.2) is 29.2 Å². The maximum Gasteiger partial charge on any atom is 0.322 e. The zero-order chi connectivity index (χ0) is 21.0. The topological polar surface area (TPSA) is 101 Å². The molecule has 1 saturated carbocycles.